The lowest BCUT2D eigenvalue weighted by Crippen LogP contribution is -2.26. The maximum absolute atomic E-state index is 5.47. The average Bonchev–Trinajstić information content (AvgIpc) is 3.72. The van der Waals surface area contributed by atoms with Crippen LogP contribution in [0.15, 0.2) is 210 Å². The van der Waals surface area contributed by atoms with Gasteiger partial charge in [0.2, 0.25) is 0 Å². The molecule has 1 atom stereocenters. The van der Waals surface area contributed by atoms with E-state index in [-0.39, 0.29) is 6.04 Å². The highest BCUT2D eigenvalue weighted by Crippen LogP contribution is 2.38. The molecule has 0 radical (unpaired) electrons. The van der Waals surface area contributed by atoms with Crippen LogP contribution in [0.2, 0.25) is 0 Å². The van der Waals surface area contributed by atoms with E-state index in [0.29, 0.717) is 0 Å². The fourth-order valence-electron chi connectivity index (χ4n) is 8.02. The number of nitrogens with zero attached hydrogens (tertiary/aromatic N) is 4. The third-order valence-electron chi connectivity index (χ3n) is 11.2. The van der Waals surface area contributed by atoms with Crippen molar-refractivity contribution in [2.45, 2.75) is 33.7 Å². The van der Waals surface area contributed by atoms with Crippen LogP contribution in [0, 0.1) is 0 Å². The van der Waals surface area contributed by atoms with Crippen molar-refractivity contribution in [3.8, 4) is 22.5 Å². The number of allylic oxidation sites excluding steroid dienone is 2. The Morgan fingerprint density at radius 3 is 1.34 bits per heavy atom. The molecule has 0 amide bonds. The van der Waals surface area contributed by atoms with Crippen molar-refractivity contribution in [2.24, 2.45) is 10.2 Å². The van der Waals surface area contributed by atoms with Crippen LogP contribution in [0.4, 0.5) is 0 Å². The minimum atomic E-state index is -0.128. The standard InChI is InChI=1S/C53H40N4.C2H6/c1-36(54-56-50(46-26-22-38-12-3-7-16-42(38)32-46)20-11-21-51(56)47-27-23-39-13-4-8-17-43(39)33-47)37(2)55-57-52(48-28-24-40-14-5-9-18-44(40)34-48)30-31-53(57)49-29-25-41-15-6-10-19-45(41)35-49;1-2/h3-35,50H,1-2H3;1-2H3/b54-36+,55-37+;. The van der Waals surface area contributed by atoms with E-state index in [1.807, 2.05) is 13.8 Å². The van der Waals surface area contributed by atoms with Crippen molar-refractivity contribution in [3.05, 3.63) is 211 Å². The lowest BCUT2D eigenvalue weighted by atomic mass is 9.97. The molecule has 10 rings (SSSR count). The van der Waals surface area contributed by atoms with Gasteiger partial charge in [-0.2, -0.15) is 10.2 Å². The zero-order valence-electron chi connectivity index (χ0n) is 33.9. The first kappa shape index (κ1) is 37.3. The van der Waals surface area contributed by atoms with Crippen LogP contribution in [0.3, 0.4) is 0 Å². The van der Waals surface area contributed by atoms with Crippen molar-refractivity contribution < 1.29 is 0 Å². The summed E-state index contributed by atoms with van der Waals surface area (Å²) in [6, 6.07) is 65.0. The molecule has 4 heteroatoms. The Labute approximate surface area is 346 Å². The second-order valence-electron chi connectivity index (χ2n) is 14.8. The smallest absolute Gasteiger partial charge is 0.0960 e. The Balaban J connectivity index is 0.00000221. The summed E-state index contributed by atoms with van der Waals surface area (Å²) in [6.45, 7) is 8.14. The molecule has 286 valence electrons. The molecule has 59 heavy (non-hydrogen) atoms. The maximum Gasteiger partial charge on any atom is 0.0960 e. The normalized spacial score (nSPS) is 14.5. The molecule has 1 aliphatic heterocycles. The molecule has 0 bridgehead atoms. The molecule has 1 unspecified atom stereocenters. The Morgan fingerprint density at radius 1 is 0.424 bits per heavy atom. The molecule has 2 heterocycles. The van der Waals surface area contributed by atoms with Gasteiger partial charge < -0.3 is 0 Å². The van der Waals surface area contributed by atoms with Crippen LogP contribution < -0.4 is 0 Å². The molecule has 8 aromatic carbocycles. The van der Waals surface area contributed by atoms with Crippen molar-refractivity contribution in [1.29, 1.82) is 0 Å². The monoisotopic (exact) mass is 762 g/mol. The van der Waals surface area contributed by atoms with Crippen LogP contribution in [0.5, 0.6) is 0 Å². The molecule has 0 N–H and O–H groups in total. The molecule has 9 aromatic rings. The maximum atomic E-state index is 5.47. The van der Waals surface area contributed by atoms with E-state index >= 15 is 0 Å². The molecule has 0 spiro atoms. The molecular formula is C55H46N4. The molecule has 0 saturated heterocycles. The largest absolute Gasteiger partial charge is 0.253 e. The predicted octanol–water partition coefficient (Wildman–Crippen LogP) is 14.7. The quantitative estimate of drug-likeness (QED) is 0.149. The Bertz CT molecular complexity index is 3030. The summed E-state index contributed by atoms with van der Waals surface area (Å²) in [7, 11) is 0. The number of fused-ring (bicyclic) bond motifs is 4. The van der Waals surface area contributed by atoms with E-state index in [4.69, 9.17) is 10.2 Å². The molecule has 0 fully saturated rings. The van der Waals surface area contributed by atoms with E-state index < -0.39 is 0 Å². The molecule has 4 nitrogen and oxygen atoms in total. The van der Waals surface area contributed by atoms with Crippen LogP contribution in [-0.2, 0) is 0 Å². The van der Waals surface area contributed by atoms with Crippen LogP contribution >= 0.6 is 0 Å². The summed E-state index contributed by atoms with van der Waals surface area (Å²) in [6.07, 6.45) is 6.57. The van der Waals surface area contributed by atoms with E-state index in [9.17, 15) is 0 Å². The highest BCUT2D eigenvalue weighted by Gasteiger charge is 2.25. The Morgan fingerprint density at radius 2 is 0.831 bits per heavy atom. The number of benzene rings is 8. The summed E-state index contributed by atoms with van der Waals surface area (Å²) >= 11 is 0. The van der Waals surface area contributed by atoms with Crippen molar-refractivity contribution >= 4 is 60.2 Å². The van der Waals surface area contributed by atoms with E-state index in [2.05, 4.69) is 224 Å². The number of hydrogen-bond donors (Lipinski definition) is 0. The first-order valence-corrected chi connectivity index (χ1v) is 20.5. The first-order valence-electron chi connectivity index (χ1n) is 20.5. The lowest BCUT2D eigenvalue weighted by Gasteiger charge is -2.33. The van der Waals surface area contributed by atoms with Crippen LogP contribution in [0.25, 0.3) is 71.3 Å². The zero-order chi connectivity index (χ0) is 40.3. The van der Waals surface area contributed by atoms with Gasteiger partial charge in [0, 0.05) is 16.7 Å². The summed E-state index contributed by atoms with van der Waals surface area (Å²) in [5.41, 5.74) is 9.19. The van der Waals surface area contributed by atoms with Crippen molar-refractivity contribution in [1.82, 2.24) is 9.69 Å². The minimum Gasteiger partial charge on any atom is -0.253 e. The van der Waals surface area contributed by atoms with Gasteiger partial charge in [-0.25, -0.2) is 4.68 Å². The van der Waals surface area contributed by atoms with Gasteiger partial charge in [-0.1, -0.05) is 172 Å². The van der Waals surface area contributed by atoms with Gasteiger partial charge >= 0.3 is 0 Å². The Hall–Kier alpha value is -7.30. The SMILES string of the molecule is CC.CC(=N\N1C(c2ccc3ccccc3c2)=CC=CC1c1ccc2ccccc2c1)/C(C)=N/n1c(-c2ccc3ccccc3c2)ccc1-c1ccc2ccccc2c1. The van der Waals surface area contributed by atoms with Gasteiger partial charge in [0.25, 0.3) is 0 Å². The van der Waals surface area contributed by atoms with Gasteiger partial charge in [-0.15, -0.1) is 0 Å². The minimum absolute atomic E-state index is 0.128. The van der Waals surface area contributed by atoms with Gasteiger partial charge in [0.05, 0.1) is 34.6 Å². The highest BCUT2D eigenvalue weighted by molar-refractivity contribution is 6.40. The fourth-order valence-corrected chi connectivity index (χ4v) is 8.02. The third-order valence-corrected chi connectivity index (χ3v) is 11.2. The summed E-state index contributed by atoms with van der Waals surface area (Å²) < 4.78 is 2.10. The average molecular weight is 763 g/mol. The predicted molar refractivity (Wildman–Crippen MR) is 253 cm³/mol. The summed E-state index contributed by atoms with van der Waals surface area (Å²) in [5.74, 6) is 0. The lowest BCUT2D eigenvalue weighted by molar-refractivity contribution is 0.361. The molecule has 0 aliphatic carbocycles. The second kappa shape index (κ2) is 16.3. The Kier molecular flexibility index (Phi) is 10.3. The van der Waals surface area contributed by atoms with Gasteiger partial charge in [0.1, 0.15) is 0 Å². The topological polar surface area (TPSA) is 32.9 Å². The third kappa shape index (κ3) is 7.37. The number of aromatic nitrogens is 1. The number of rotatable bonds is 7. The molecule has 1 aromatic heterocycles. The second-order valence-corrected chi connectivity index (χ2v) is 14.8. The van der Waals surface area contributed by atoms with Crippen LogP contribution in [-0.4, -0.2) is 21.1 Å². The molecule has 0 saturated carbocycles. The molecular weight excluding hydrogens is 717 g/mol. The van der Waals surface area contributed by atoms with E-state index in [1.165, 1.54) is 48.7 Å². The van der Waals surface area contributed by atoms with Crippen molar-refractivity contribution in [3.63, 3.8) is 0 Å². The van der Waals surface area contributed by atoms with Crippen molar-refractivity contribution in [2.75, 3.05) is 0 Å². The van der Waals surface area contributed by atoms with E-state index in [1.54, 1.807) is 0 Å². The summed E-state index contributed by atoms with van der Waals surface area (Å²) in [4.78, 5) is 0. The summed E-state index contributed by atoms with van der Waals surface area (Å²) in [5, 5.41) is 22.7. The zero-order valence-corrected chi connectivity index (χ0v) is 33.9. The van der Waals surface area contributed by atoms with Crippen LogP contribution in [0.1, 0.15) is 44.9 Å². The number of hydrazone groups is 1. The first-order chi connectivity index (χ1) is 29.1. The number of hydrogen-bond acceptors (Lipinski definition) is 3. The van der Waals surface area contributed by atoms with Gasteiger partial charge in [-0.05, 0) is 105 Å². The van der Waals surface area contributed by atoms with Gasteiger partial charge in [-0.3, -0.25) is 5.01 Å². The highest BCUT2D eigenvalue weighted by atomic mass is 15.5. The fraction of sp³-hybridized carbons (Fsp3) is 0.0909. The van der Waals surface area contributed by atoms with E-state index in [0.717, 1.165) is 45.2 Å². The van der Waals surface area contributed by atoms with Gasteiger partial charge in [0.15, 0.2) is 0 Å². The molecule has 1 aliphatic rings.